The van der Waals surface area contributed by atoms with E-state index in [-0.39, 0.29) is 41.4 Å². The summed E-state index contributed by atoms with van der Waals surface area (Å²) in [5, 5.41) is 3.53. The fourth-order valence-electron chi connectivity index (χ4n) is 4.36. The van der Waals surface area contributed by atoms with Crippen molar-refractivity contribution in [1.82, 2.24) is 10.2 Å². The minimum atomic E-state index is -3.98. The van der Waals surface area contributed by atoms with Gasteiger partial charge >= 0.3 is 0 Å². The second-order valence-electron chi connectivity index (χ2n) is 9.95. The van der Waals surface area contributed by atoms with Crippen LogP contribution in [0.4, 0.5) is 5.69 Å². The lowest BCUT2D eigenvalue weighted by atomic mass is 10.0. The molecule has 226 valence electrons. The van der Waals surface area contributed by atoms with Gasteiger partial charge in [-0.05, 0) is 49.2 Å². The summed E-state index contributed by atoms with van der Waals surface area (Å²) in [4.78, 5) is 29.2. The van der Waals surface area contributed by atoms with E-state index in [2.05, 4.69) is 5.32 Å². The Morgan fingerprint density at radius 1 is 0.905 bits per heavy atom. The molecule has 1 N–H and O–H groups in total. The van der Waals surface area contributed by atoms with E-state index >= 15 is 0 Å². The number of hydrogen-bond donors (Lipinski definition) is 1. The maximum absolute atomic E-state index is 14.2. The number of carbonyl (C=O) groups excluding carboxylic acids is 2. The molecule has 0 unspecified atom stereocenters. The molecular formula is C30H35Cl2N3O6S. The van der Waals surface area contributed by atoms with Gasteiger partial charge in [0, 0.05) is 25.1 Å². The van der Waals surface area contributed by atoms with Crippen LogP contribution in [0.3, 0.4) is 0 Å². The van der Waals surface area contributed by atoms with Crippen LogP contribution in [0.25, 0.3) is 0 Å². The van der Waals surface area contributed by atoms with Gasteiger partial charge in [-0.15, -0.1) is 0 Å². The predicted octanol–water partition coefficient (Wildman–Crippen LogP) is 4.94. The van der Waals surface area contributed by atoms with E-state index in [1.807, 2.05) is 44.2 Å². The first-order chi connectivity index (χ1) is 19.8. The van der Waals surface area contributed by atoms with Crippen LogP contribution in [0.2, 0.25) is 10.0 Å². The van der Waals surface area contributed by atoms with Crippen molar-refractivity contribution >= 4 is 50.7 Å². The van der Waals surface area contributed by atoms with Crippen LogP contribution in [0.1, 0.15) is 25.0 Å². The van der Waals surface area contributed by atoms with Crippen LogP contribution in [-0.2, 0) is 32.6 Å². The van der Waals surface area contributed by atoms with Crippen LogP contribution in [0.5, 0.6) is 11.5 Å². The molecule has 0 heterocycles. The lowest BCUT2D eigenvalue weighted by Gasteiger charge is -2.34. The molecule has 42 heavy (non-hydrogen) atoms. The molecule has 2 amide bonds. The van der Waals surface area contributed by atoms with Crippen molar-refractivity contribution < 1.29 is 27.5 Å². The first-order valence-electron chi connectivity index (χ1n) is 13.1. The first-order valence-corrected chi connectivity index (χ1v) is 15.7. The van der Waals surface area contributed by atoms with E-state index in [1.54, 1.807) is 24.3 Å². The summed E-state index contributed by atoms with van der Waals surface area (Å²) in [6.07, 6.45) is 1.19. The van der Waals surface area contributed by atoms with Crippen molar-refractivity contribution in [1.29, 1.82) is 0 Å². The third-order valence-electron chi connectivity index (χ3n) is 6.37. The van der Waals surface area contributed by atoms with E-state index in [1.165, 1.54) is 31.3 Å². The lowest BCUT2D eigenvalue weighted by molar-refractivity contribution is -0.140. The van der Waals surface area contributed by atoms with E-state index in [0.29, 0.717) is 16.3 Å². The Labute approximate surface area is 257 Å². The highest BCUT2D eigenvalue weighted by atomic mass is 35.5. The van der Waals surface area contributed by atoms with E-state index in [4.69, 9.17) is 32.7 Å². The number of amides is 2. The molecule has 3 aromatic rings. The number of hydrogen-bond acceptors (Lipinski definition) is 6. The molecule has 0 radical (unpaired) electrons. The summed E-state index contributed by atoms with van der Waals surface area (Å²) in [6, 6.07) is 17.6. The van der Waals surface area contributed by atoms with Crippen molar-refractivity contribution in [2.75, 3.05) is 31.3 Å². The number of carbonyl (C=O) groups is 2. The van der Waals surface area contributed by atoms with Gasteiger partial charge in [0.05, 0.1) is 36.2 Å². The van der Waals surface area contributed by atoms with Crippen molar-refractivity contribution in [3.63, 3.8) is 0 Å². The van der Waals surface area contributed by atoms with Gasteiger partial charge in [-0.1, -0.05) is 59.6 Å². The first kappa shape index (κ1) is 33.0. The maximum Gasteiger partial charge on any atom is 0.244 e. The number of nitrogens with zero attached hydrogens (tertiary/aromatic N) is 2. The predicted molar refractivity (Wildman–Crippen MR) is 166 cm³/mol. The van der Waals surface area contributed by atoms with Gasteiger partial charge in [0.2, 0.25) is 21.8 Å². The SMILES string of the molecule is COc1ccc(N(CC(=O)N(Cc2ccc(Cl)c(Cl)c2)[C@@H](Cc2ccccc2)C(=O)NC(C)C)S(C)(=O)=O)c(OC)c1. The molecule has 0 spiro atoms. The number of ether oxygens (including phenoxy) is 2. The number of halogens is 2. The smallest absolute Gasteiger partial charge is 0.244 e. The van der Waals surface area contributed by atoms with Crippen LogP contribution in [0, 0.1) is 0 Å². The molecule has 0 aliphatic carbocycles. The molecule has 0 aliphatic heterocycles. The average molecular weight is 637 g/mol. The Hall–Kier alpha value is -3.47. The van der Waals surface area contributed by atoms with Crippen molar-refractivity contribution in [3.8, 4) is 11.5 Å². The molecule has 9 nitrogen and oxygen atoms in total. The summed E-state index contributed by atoms with van der Waals surface area (Å²) in [5.74, 6) is -0.341. The molecule has 0 aliphatic rings. The van der Waals surface area contributed by atoms with E-state index in [0.717, 1.165) is 16.1 Å². The van der Waals surface area contributed by atoms with Crippen LogP contribution < -0.4 is 19.1 Å². The second kappa shape index (κ2) is 14.6. The Morgan fingerprint density at radius 3 is 2.17 bits per heavy atom. The van der Waals surface area contributed by atoms with E-state index < -0.39 is 28.5 Å². The highest BCUT2D eigenvalue weighted by Gasteiger charge is 2.34. The van der Waals surface area contributed by atoms with Gasteiger partial charge in [0.15, 0.2) is 0 Å². The number of nitrogens with one attached hydrogen (secondary N) is 1. The molecule has 3 rings (SSSR count). The molecule has 12 heteroatoms. The molecule has 0 aromatic heterocycles. The summed E-state index contributed by atoms with van der Waals surface area (Å²) in [5.41, 5.74) is 1.58. The zero-order valence-corrected chi connectivity index (χ0v) is 26.5. The minimum Gasteiger partial charge on any atom is -0.497 e. The number of anilines is 1. The second-order valence-corrected chi connectivity index (χ2v) is 12.7. The summed E-state index contributed by atoms with van der Waals surface area (Å²) < 4.78 is 37.7. The highest BCUT2D eigenvalue weighted by molar-refractivity contribution is 7.92. The molecule has 1 atom stereocenters. The Morgan fingerprint density at radius 2 is 1.60 bits per heavy atom. The third-order valence-corrected chi connectivity index (χ3v) is 8.24. The van der Waals surface area contributed by atoms with Crippen molar-refractivity contribution in [3.05, 3.63) is 87.9 Å². The zero-order chi connectivity index (χ0) is 31.0. The number of methoxy groups -OCH3 is 2. The normalized spacial score (nSPS) is 12.0. The topological polar surface area (TPSA) is 105 Å². The maximum atomic E-state index is 14.2. The molecule has 0 saturated carbocycles. The van der Waals surface area contributed by atoms with Gasteiger partial charge in [0.25, 0.3) is 0 Å². The van der Waals surface area contributed by atoms with Gasteiger partial charge in [-0.2, -0.15) is 0 Å². The zero-order valence-electron chi connectivity index (χ0n) is 24.1. The van der Waals surface area contributed by atoms with E-state index in [9.17, 15) is 18.0 Å². The van der Waals surface area contributed by atoms with Crippen molar-refractivity contribution in [2.45, 2.75) is 38.9 Å². The Kier molecular flexibility index (Phi) is 11.5. The molecule has 3 aromatic carbocycles. The minimum absolute atomic E-state index is 0.0317. The number of sulfonamides is 1. The highest BCUT2D eigenvalue weighted by Crippen LogP contribution is 2.34. The summed E-state index contributed by atoms with van der Waals surface area (Å²) >= 11 is 12.4. The standard InChI is InChI=1S/C30H35Cl2N3O6S/c1-20(2)33-30(37)27(16-21-9-7-6-8-10-21)34(18-22-11-13-24(31)25(32)15-22)29(36)19-35(42(5,38)39)26-14-12-23(40-3)17-28(26)41-4/h6-15,17,20,27H,16,18-19H2,1-5H3,(H,33,37)/t27-/m0/s1. The monoisotopic (exact) mass is 635 g/mol. The largest absolute Gasteiger partial charge is 0.497 e. The average Bonchev–Trinajstić information content (AvgIpc) is 2.94. The summed E-state index contributed by atoms with van der Waals surface area (Å²) in [6.45, 7) is 3.02. The van der Waals surface area contributed by atoms with Crippen LogP contribution >= 0.6 is 23.2 Å². The molecule has 0 saturated heterocycles. The molecule has 0 fully saturated rings. The lowest BCUT2D eigenvalue weighted by Crippen LogP contribution is -2.54. The molecular weight excluding hydrogens is 601 g/mol. The Bertz CT molecular complexity index is 1500. The van der Waals surface area contributed by atoms with Gasteiger partial charge in [-0.3, -0.25) is 13.9 Å². The quantitative estimate of drug-likeness (QED) is 0.285. The van der Waals surface area contributed by atoms with Gasteiger partial charge in [-0.25, -0.2) is 8.42 Å². The molecule has 0 bridgehead atoms. The van der Waals surface area contributed by atoms with Gasteiger partial charge < -0.3 is 19.7 Å². The third kappa shape index (κ3) is 8.77. The van der Waals surface area contributed by atoms with Crippen LogP contribution in [0.15, 0.2) is 66.7 Å². The number of benzene rings is 3. The van der Waals surface area contributed by atoms with Gasteiger partial charge in [0.1, 0.15) is 24.1 Å². The fourth-order valence-corrected chi connectivity index (χ4v) is 5.53. The van der Waals surface area contributed by atoms with Crippen molar-refractivity contribution in [2.24, 2.45) is 0 Å². The fraction of sp³-hybridized carbons (Fsp3) is 0.333. The van der Waals surface area contributed by atoms with Crippen LogP contribution in [-0.4, -0.2) is 64.2 Å². The number of rotatable bonds is 13. The Balaban J connectivity index is 2.11. The summed E-state index contributed by atoms with van der Waals surface area (Å²) in [7, 11) is -1.12.